The van der Waals surface area contributed by atoms with E-state index in [-0.39, 0.29) is 30.4 Å². The number of rotatable bonds is 5. The molecule has 5 N–H and O–H groups in total. The van der Waals surface area contributed by atoms with Crippen molar-refractivity contribution in [3.8, 4) is 16.2 Å². The maximum atomic E-state index is 13.1. The van der Waals surface area contributed by atoms with Gasteiger partial charge in [-0.1, -0.05) is 0 Å². The number of amides is 3. The molecule has 166 valence electrons. The van der Waals surface area contributed by atoms with E-state index in [0.29, 0.717) is 38.6 Å². The normalized spacial score (nSPS) is 15.0. The molecule has 0 radical (unpaired) electrons. The van der Waals surface area contributed by atoms with Crippen molar-refractivity contribution in [2.75, 3.05) is 17.2 Å². The van der Waals surface area contributed by atoms with Crippen LogP contribution in [0.15, 0.2) is 36.7 Å². The Bertz CT molecular complexity index is 1420. The zero-order chi connectivity index (χ0) is 22.5. The van der Waals surface area contributed by atoms with E-state index in [4.69, 9.17) is 4.74 Å². The minimum Gasteiger partial charge on any atom is -0.482 e. The Balaban J connectivity index is 1.37. The van der Waals surface area contributed by atoms with Crippen molar-refractivity contribution in [1.29, 1.82) is 0 Å². The molecule has 3 amide bonds. The van der Waals surface area contributed by atoms with Crippen molar-refractivity contribution in [3.05, 3.63) is 47.1 Å². The van der Waals surface area contributed by atoms with Crippen LogP contribution in [0.5, 0.6) is 5.75 Å². The monoisotopic (exact) mass is 462 g/mol. The van der Waals surface area contributed by atoms with Crippen LogP contribution in [-0.2, 0) is 4.79 Å². The number of carbonyl (C=O) groups is 3. The first-order valence-electron chi connectivity index (χ1n) is 10.4. The summed E-state index contributed by atoms with van der Waals surface area (Å²) in [6.07, 6.45) is 5.32. The van der Waals surface area contributed by atoms with Crippen LogP contribution in [0.2, 0.25) is 0 Å². The number of benzene rings is 1. The van der Waals surface area contributed by atoms with E-state index in [1.807, 2.05) is 6.07 Å². The minimum absolute atomic E-state index is 0.0898. The molecule has 1 saturated carbocycles. The van der Waals surface area contributed by atoms with Gasteiger partial charge in [0.15, 0.2) is 6.61 Å². The summed E-state index contributed by atoms with van der Waals surface area (Å²) in [6.45, 7) is -0.0898. The Morgan fingerprint density at radius 3 is 2.85 bits per heavy atom. The van der Waals surface area contributed by atoms with Crippen molar-refractivity contribution in [2.24, 2.45) is 0 Å². The van der Waals surface area contributed by atoms with Gasteiger partial charge in [0.2, 0.25) is 0 Å². The summed E-state index contributed by atoms with van der Waals surface area (Å²) >= 11 is 1.33. The second-order valence-corrected chi connectivity index (χ2v) is 9.04. The lowest BCUT2D eigenvalue weighted by Crippen LogP contribution is -2.27. The van der Waals surface area contributed by atoms with Crippen LogP contribution in [0.1, 0.15) is 32.9 Å². The number of nitrogens with one attached hydrogen (secondary N) is 5. The molecule has 4 aromatic rings. The van der Waals surface area contributed by atoms with E-state index < -0.39 is 0 Å². The quantitative estimate of drug-likeness (QED) is 0.310. The average Bonchev–Trinajstić information content (AvgIpc) is 3.21. The lowest BCUT2D eigenvalue weighted by atomic mass is 10.1. The SMILES string of the molecule is O=C1COc2cc3c(C(=O)NC4CC4)c(NC(=O)c4ccc(-c5cn[nH]c5)s4)[nH]c3cc2N1. The molecule has 0 spiro atoms. The fourth-order valence-electron chi connectivity index (χ4n) is 3.76. The molecule has 33 heavy (non-hydrogen) atoms. The number of aromatic amines is 2. The summed E-state index contributed by atoms with van der Waals surface area (Å²) in [7, 11) is 0. The van der Waals surface area contributed by atoms with E-state index >= 15 is 0 Å². The fourth-order valence-corrected chi connectivity index (χ4v) is 4.64. The maximum absolute atomic E-state index is 13.1. The largest absolute Gasteiger partial charge is 0.482 e. The highest BCUT2D eigenvalue weighted by molar-refractivity contribution is 7.17. The van der Waals surface area contributed by atoms with Gasteiger partial charge in [-0.05, 0) is 37.1 Å². The van der Waals surface area contributed by atoms with Crippen molar-refractivity contribution in [1.82, 2.24) is 20.5 Å². The topological polar surface area (TPSA) is 141 Å². The molecule has 6 rings (SSSR count). The molecule has 4 heterocycles. The number of hydrogen-bond donors (Lipinski definition) is 5. The van der Waals surface area contributed by atoms with Crippen LogP contribution < -0.4 is 20.7 Å². The first-order valence-corrected chi connectivity index (χ1v) is 11.2. The van der Waals surface area contributed by atoms with Crippen molar-refractivity contribution in [3.63, 3.8) is 0 Å². The Labute approximate surface area is 190 Å². The van der Waals surface area contributed by atoms with E-state index in [1.54, 1.807) is 30.6 Å². The third-order valence-corrected chi connectivity index (χ3v) is 6.66. The van der Waals surface area contributed by atoms with Crippen molar-refractivity contribution in [2.45, 2.75) is 18.9 Å². The molecule has 1 aliphatic heterocycles. The van der Waals surface area contributed by atoms with Gasteiger partial charge in [-0.3, -0.25) is 19.5 Å². The van der Waals surface area contributed by atoms with Gasteiger partial charge >= 0.3 is 0 Å². The van der Waals surface area contributed by atoms with Gasteiger partial charge in [0, 0.05) is 28.1 Å². The molecule has 3 aromatic heterocycles. The van der Waals surface area contributed by atoms with Gasteiger partial charge in [0.25, 0.3) is 17.7 Å². The van der Waals surface area contributed by atoms with Gasteiger partial charge in [-0.25, -0.2) is 0 Å². The number of hydrogen-bond acceptors (Lipinski definition) is 6. The summed E-state index contributed by atoms with van der Waals surface area (Å²) in [5, 5.41) is 15.9. The first kappa shape index (κ1) is 19.6. The molecule has 1 aliphatic carbocycles. The summed E-state index contributed by atoms with van der Waals surface area (Å²) in [6, 6.07) is 7.14. The number of ether oxygens (including phenoxy) is 1. The van der Waals surface area contributed by atoms with Crippen LogP contribution in [0.4, 0.5) is 11.5 Å². The van der Waals surface area contributed by atoms with Crippen LogP contribution >= 0.6 is 11.3 Å². The second kappa shape index (κ2) is 7.48. The highest BCUT2D eigenvalue weighted by Crippen LogP contribution is 2.37. The number of fused-ring (bicyclic) bond motifs is 2. The highest BCUT2D eigenvalue weighted by Gasteiger charge is 2.29. The molecule has 0 unspecified atom stereocenters. The molecule has 1 fully saturated rings. The predicted molar refractivity (Wildman–Crippen MR) is 123 cm³/mol. The molecular formula is C22H18N6O4S. The highest BCUT2D eigenvalue weighted by atomic mass is 32.1. The molecule has 10 nitrogen and oxygen atoms in total. The number of carbonyl (C=O) groups excluding carboxylic acids is 3. The van der Waals surface area contributed by atoms with E-state index in [0.717, 1.165) is 23.3 Å². The third-order valence-electron chi connectivity index (χ3n) is 5.52. The number of nitrogens with zero attached hydrogens (tertiary/aromatic N) is 1. The van der Waals surface area contributed by atoms with E-state index in [1.165, 1.54) is 11.3 Å². The molecular weight excluding hydrogens is 444 g/mol. The number of aromatic nitrogens is 3. The van der Waals surface area contributed by atoms with Gasteiger partial charge in [-0.15, -0.1) is 11.3 Å². The molecule has 0 atom stereocenters. The summed E-state index contributed by atoms with van der Waals surface area (Å²) in [5.74, 6) is -0.0949. The minimum atomic E-state index is -0.337. The third kappa shape index (κ3) is 3.61. The van der Waals surface area contributed by atoms with Crippen LogP contribution in [-0.4, -0.2) is 45.6 Å². The zero-order valence-corrected chi connectivity index (χ0v) is 18.0. The van der Waals surface area contributed by atoms with Gasteiger partial charge in [-0.2, -0.15) is 5.10 Å². The Morgan fingerprint density at radius 2 is 2.06 bits per heavy atom. The van der Waals surface area contributed by atoms with Crippen LogP contribution in [0.3, 0.4) is 0 Å². The standard InChI is InChI=1S/C22H18N6O4S/c29-18-9-32-15-5-12-13(6-14(15)26-18)27-20(19(12)22(31)25-11-1-2-11)28-21(30)17-4-3-16(33-17)10-7-23-24-8-10/h3-8,11,27H,1-2,9H2,(H,23,24)(H,25,31)(H,26,29)(H,28,30). The predicted octanol–water partition coefficient (Wildman–Crippen LogP) is 3.09. The molecule has 11 heteroatoms. The molecule has 1 aromatic carbocycles. The van der Waals surface area contributed by atoms with Crippen LogP contribution in [0, 0.1) is 0 Å². The van der Waals surface area contributed by atoms with Crippen molar-refractivity contribution >= 4 is 51.5 Å². The van der Waals surface area contributed by atoms with Crippen molar-refractivity contribution < 1.29 is 19.1 Å². The maximum Gasteiger partial charge on any atom is 0.266 e. The molecule has 2 aliphatic rings. The summed E-state index contributed by atoms with van der Waals surface area (Å²) in [4.78, 5) is 42.3. The summed E-state index contributed by atoms with van der Waals surface area (Å²) < 4.78 is 5.52. The zero-order valence-electron chi connectivity index (χ0n) is 17.2. The molecule has 0 bridgehead atoms. The lowest BCUT2D eigenvalue weighted by molar-refractivity contribution is -0.118. The number of H-pyrrole nitrogens is 2. The smallest absolute Gasteiger partial charge is 0.266 e. The Morgan fingerprint density at radius 1 is 1.18 bits per heavy atom. The molecule has 0 saturated heterocycles. The lowest BCUT2D eigenvalue weighted by Gasteiger charge is -2.17. The second-order valence-electron chi connectivity index (χ2n) is 7.96. The fraction of sp³-hybridized carbons (Fsp3) is 0.182. The van der Waals surface area contributed by atoms with Gasteiger partial charge in [0.05, 0.1) is 27.8 Å². The summed E-state index contributed by atoms with van der Waals surface area (Å²) in [5.41, 5.74) is 2.33. The van der Waals surface area contributed by atoms with E-state index in [2.05, 4.69) is 31.1 Å². The van der Waals surface area contributed by atoms with Crippen LogP contribution in [0.25, 0.3) is 21.3 Å². The Kier molecular flexibility index (Phi) is 4.44. The Hall–Kier alpha value is -4.12. The van der Waals surface area contributed by atoms with E-state index in [9.17, 15) is 14.4 Å². The van der Waals surface area contributed by atoms with Gasteiger partial charge < -0.3 is 25.7 Å². The van der Waals surface area contributed by atoms with Gasteiger partial charge in [0.1, 0.15) is 11.6 Å². The first-order chi connectivity index (χ1) is 16.0. The average molecular weight is 462 g/mol. The number of thiophene rings is 1. The number of anilines is 2.